The Morgan fingerprint density at radius 3 is 2.49 bits per heavy atom. The van der Waals surface area contributed by atoms with Gasteiger partial charge in [-0.1, -0.05) is 36.4 Å². The molecule has 184 valence electrons. The number of carbonyl (C=O) groups excluding carboxylic acids is 1. The normalized spacial score (nSPS) is 15.1. The highest BCUT2D eigenvalue weighted by Gasteiger charge is 2.31. The van der Waals surface area contributed by atoms with Crippen molar-refractivity contribution in [2.24, 2.45) is 5.73 Å². The summed E-state index contributed by atoms with van der Waals surface area (Å²) >= 11 is 0. The van der Waals surface area contributed by atoms with Crippen LogP contribution in [0.5, 0.6) is 0 Å². The van der Waals surface area contributed by atoms with E-state index in [1.54, 1.807) is 36.4 Å². The highest BCUT2D eigenvalue weighted by atomic mass is 19.4. The Hall–Kier alpha value is -3.43. The summed E-state index contributed by atoms with van der Waals surface area (Å²) in [6.07, 6.45) is -4.44. The third-order valence-electron chi connectivity index (χ3n) is 6.03. The average Bonchev–Trinajstić information content (AvgIpc) is 2.88. The molecule has 1 aliphatic heterocycles. The molecule has 0 bridgehead atoms. The predicted octanol–water partition coefficient (Wildman–Crippen LogP) is 4.55. The number of aromatic nitrogens is 1. The molecule has 6 nitrogen and oxygen atoms in total. The van der Waals surface area contributed by atoms with Crippen molar-refractivity contribution in [1.82, 2.24) is 10.3 Å². The minimum atomic E-state index is -4.44. The number of hydrogen-bond acceptors (Lipinski definition) is 5. The molecule has 1 aliphatic rings. The van der Waals surface area contributed by atoms with Gasteiger partial charge in [0.05, 0.1) is 24.8 Å². The van der Waals surface area contributed by atoms with Crippen molar-refractivity contribution in [3.05, 3.63) is 83.0 Å². The molecule has 0 aliphatic carbocycles. The second kappa shape index (κ2) is 10.5. The highest BCUT2D eigenvalue weighted by molar-refractivity contribution is 5.93. The van der Waals surface area contributed by atoms with Crippen LogP contribution < -0.4 is 16.0 Å². The van der Waals surface area contributed by atoms with E-state index in [0.29, 0.717) is 35.6 Å². The van der Waals surface area contributed by atoms with Crippen LogP contribution in [0.3, 0.4) is 0 Å². The summed E-state index contributed by atoms with van der Waals surface area (Å²) in [5.74, 6) is 0.426. The van der Waals surface area contributed by atoms with E-state index in [2.05, 4.69) is 15.2 Å². The van der Waals surface area contributed by atoms with E-state index in [1.807, 2.05) is 13.0 Å². The molecule has 3 aromatic rings. The molecule has 9 heteroatoms. The topological polar surface area (TPSA) is 80.5 Å². The van der Waals surface area contributed by atoms with Gasteiger partial charge in [0.2, 0.25) is 0 Å². The molecule has 4 rings (SSSR count). The molecule has 1 aromatic heterocycles. The fourth-order valence-corrected chi connectivity index (χ4v) is 4.02. The van der Waals surface area contributed by atoms with Gasteiger partial charge in [0, 0.05) is 19.6 Å². The Bertz CT molecular complexity index is 1180. The molecule has 2 heterocycles. The molecular weight excluding hydrogens is 457 g/mol. The van der Waals surface area contributed by atoms with Crippen LogP contribution in [0.15, 0.2) is 60.7 Å². The minimum Gasteiger partial charge on any atom is -0.378 e. The first-order chi connectivity index (χ1) is 16.8. The molecule has 0 unspecified atom stereocenters. The summed E-state index contributed by atoms with van der Waals surface area (Å²) in [5.41, 5.74) is 7.84. The van der Waals surface area contributed by atoms with Crippen molar-refractivity contribution in [3.63, 3.8) is 0 Å². The molecule has 35 heavy (non-hydrogen) atoms. The van der Waals surface area contributed by atoms with Crippen LogP contribution in [0, 0.1) is 0 Å². The molecule has 0 radical (unpaired) electrons. The molecule has 1 fully saturated rings. The number of nitrogens with two attached hydrogens (primary N) is 1. The Morgan fingerprint density at radius 2 is 1.83 bits per heavy atom. The van der Waals surface area contributed by atoms with E-state index in [-0.39, 0.29) is 18.5 Å². The number of pyridine rings is 1. The van der Waals surface area contributed by atoms with Crippen molar-refractivity contribution >= 4 is 11.7 Å². The number of amides is 1. The van der Waals surface area contributed by atoms with Gasteiger partial charge in [-0.15, -0.1) is 0 Å². The SMILES string of the molecule is C[C@@H](NC(=O)c1cccc(N2CCOCC2)n1)c1ccc(-c2cc(C(F)(F)F)ccc2CN)cc1. The maximum absolute atomic E-state index is 13.2. The van der Waals surface area contributed by atoms with Crippen LogP contribution in [-0.4, -0.2) is 37.2 Å². The second-order valence-corrected chi connectivity index (χ2v) is 8.37. The quantitative estimate of drug-likeness (QED) is 0.537. The third kappa shape index (κ3) is 5.80. The Labute approximate surface area is 201 Å². The largest absolute Gasteiger partial charge is 0.416 e. The zero-order chi connectivity index (χ0) is 25.0. The summed E-state index contributed by atoms with van der Waals surface area (Å²) < 4.78 is 45.0. The first-order valence-electron chi connectivity index (χ1n) is 11.4. The number of ether oxygens (including phenoxy) is 1. The summed E-state index contributed by atoms with van der Waals surface area (Å²) in [6, 6.07) is 15.6. The van der Waals surface area contributed by atoms with E-state index < -0.39 is 11.7 Å². The first-order valence-corrected chi connectivity index (χ1v) is 11.4. The Kier molecular flexibility index (Phi) is 7.37. The van der Waals surface area contributed by atoms with Gasteiger partial charge >= 0.3 is 6.18 Å². The van der Waals surface area contributed by atoms with Gasteiger partial charge in [0.1, 0.15) is 11.5 Å². The fraction of sp³-hybridized carbons (Fsp3) is 0.308. The van der Waals surface area contributed by atoms with Crippen molar-refractivity contribution in [2.45, 2.75) is 25.7 Å². The van der Waals surface area contributed by atoms with Gasteiger partial charge in [-0.3, -0.25) is 4.79 Å². The van der Waals surface area contributed by atoms with Gasteiger partial charge in [-0.2, -0.15) is 13.2 Å². The standard InChI is InChI=1S/C26H27F3N4O2/c1-17(31-25(34)23-3-2-4-24(32-23)33-11-13-35-14-12-33)18-5-7-19(8-6-18)22-15-21(26(27,28)29)10-9-20(22)16-30/h2-10,15,17H,11-14,16,30H2,1H3,(H,31,34)/t17-/m1/s1. The maximum atomic E-state index is 13.2. The van der Waals surface area contributed by atoms with Crippen LogP contribution in [0.4, 0.5) is 19.0 Å². The zero-order valence-electron chi connectivity index (χ0n) is 19.3. The van der Waals surface area contributed by atoms with E-state index in [9.17, 15) is 18.0 Å². The second-order valence-electron chi connectivity index (χ2n) is 8.37. The van der Waals surface area contributed by atoms with Crippen LogP contribution in [0.1, 0.15) is 40.1 Å². The fourth-order valence-electron chi connectivity index (χ4n) is 4.02. The Morgan fingerprint density at radius 1 is 1.11 bits per heavy atom. The van der Waals surface area contributed by atoms with Crippen LogP contribution in [-0.2, 0) is 17.5 Å². The molecule has 1 saturated heterocycles. The summed E-state index contributed by atoms with van der Waals surface area (Å²) in [6.45, 7) is 4.65. The number of rotatable bonds is 6. The van der Waals surface area contributed by atoms with Gasteiger partial charge in [0.15, 0.2) is 0 Å². The number of carbonyl (C=O) groups is 1. The number of morpholine rings is 1. The van der Waals surface area contributed by atoms with E-state index in [0.717, 1.165) is 36.6 Å². The summed E-state index contributed by atoms with van der Waals surface area (Å²) in [7, 11) is 0. The van der Waals surface area contributed by atoms with Crippen molar-refractivity contribution < 1.29 is 22.7 Å². The first kappa shape index (κ1) is 24.7. The number of nitrogens with zero attached hydrogens (tertiary/aromatic N) is 2. The Balaban J connectivity index is 1.48. The highest BCUT2D eigenvalue weighted by Crippen LogP contribution is 2.34. The molecule has 1 atom stereocenters. The molecule has 0 saturated carbocycles. The number of anilines is 1. The molecule has 3 N–H and O–H groups in total. The van der Waals surface area contributed by atoms with Gasteiger partial charge in [0.25, 0.3) is 5.91 Å². The lowest BCUT2D eigenvalue weighted by atomic mass is 9.95. The number of halogens is 3. The van der Waals surface area contributed by atoms with Gasteiger partial charge in [-0.25, -0.2) is 4.98 Å². The summed E-state index contributed by atoms with van der Waals surface area (Å²) in [4.78, 5) is 19.4. The predicted molar refractivity (Wildman–Crippen MR) is 128 cm³/mol. The summed E-state index contributed by atoms with van der Waals surface area (Å²) in [5, 5.41) is 2.94. The van der Waals surface area contributed by atoms with E-state index >= 15 is 0 Å². The van der Waals surface area contributed by atoms with Gasteiger partial charge in [-0.05, 0) is 53.4 Å². The number of benzene rings is 2. The average molecular weight is 485 g/mol. The lowest BCUT2D eigenvalue weighted by molar-refractivity contribution is -0.137. The lowest BCUT2D eigenvalue weighted by Gasteiger charge is -2.28. The molecule has 2 aromatic carbocycles. The molecule has 1 amide bonds. The minimum absolute atomic E-state index is 0.123. The van der Waals surface area contributed by atoms with Crippen LogP contribution >= 0.6 is 0 Å². The van der Waals surface area contributed by atoms with Crippen molar-refractivity contribution in [1.29, 1.82) is 0 Å². The van der Waals surface area contributed by atoms with Crippen molar-refractivity contribution in [2.75, 3.05) is 31.2 Å². The molecular formula is C26H27F3N4O2. The maximum Gasteiger partial charge on any atom is 0.416 e. The van der Waals surface area contributed by atoms with Crippen LogP contribution in [0.25, 0.3) is 11.1 Å². The number of hydrogen-bond donors (Lipinski definition) is 2. The number of alkyl halides is 3. The lowest BCUT2D eigenvalue weighted by Crippen LogP contribution is -2.37. The monoisotopic (exact) mass is 484 g/mol. The smallest absolute Gasteiger partial charge is 0.378 e. The molecule has 0 spiro atoms. The van der Waals surface area contributed by atoms with E-state index in [4.69, 9.17) is 10.5 Å². The third-order valence-corrected chi connectivity index (χ3v) is 6.03. The van der Waals surface area contributed by atoms with Crippen molar-refractivity contribution in [3.8, 4) is 11.1 Å². The van der Waals surface area contributed by atoms with E-state index in [1.165, 1.54) is 6.07 Å². The number of nitrogens with one attached hydrogen (secondary N) is 1. The van der Waals surface area contributed by atoms with Gasteiger partial charge < -0.3 is 20.7 Å². The van der Waals surface area contributed by atoms with Crippen LogP contribution in [0.2, 0.25) is 0 Å². The zero-order valence-corrected chi connectivity index (χ0v) is 19.3.